The van der Waals surface area contributed by atoms with Crippen LogP contribution in [-0.2, 0) is 14.8 Å². The predicted octanol–water partition coefficient (Wildman–Crippen LogP) is 0.793. The number of nitrogens with two attached hydrogens (primary N) is 1. The Labute approximate surface area is 181 Å². The van der Waals surface area contributed by atoms with Crippen molar-refractivity contribution in [2.24, 2.45) is 16.6 Å². The number of nitrogens with one attached hydrogen (secondary N) is 1. The van der Waals surface area contributed by atoms with E-state index in [1.165, 1.54) is 0 Å². The molecule has 0 aromatic rings. The molecule has 0 saturated carbocycles. The zero-order valence-electron chi connectivity index (χ0n) is 15.7. The van der Waals surface area contributed by atoms with Crippen LogP contribution in [0.15, 0.2) is 4.99 Å². The molecule has 2 aliphatic heterocycles. The molecule has 2 rings (SSSR count). The normalized spacial score (nSPS) is 21.3. The summed E-state index contributed by atoms with van der Waals surface area (Å²) in [5, 5.41) is 3.03. The SMILES string of the molecule is I.NC(=NCC1CCN(S(=O)(=O)C(F)(F)F)CC1)NCCCN1CCOCC1. The average Bonchev–Trinajstić information content (AvgIpc) is 2.64. The molecule has 0 spiro atoms. The lowest BCUT2D eigenvalue weighted by Crippen LogP contribution is -2.45. The highest BCUT2D eigenvalue weighted by atomic mass is 127. The topological polar surface area (TPSA) is 100 Å². The van der Waals surface area contributed by atoms with E-state index in [1.807, 2.05) is 0 Å². The summed E-state index contributed by atoms with van der Waals surface area (Å²) < 4.78 is 66.2. The maximum Gasteiger partial charge on any atom is 0.511 e. The van der Waals surface area contributed by atoms with Crippen LogP contribution in [0.4, 0.5) is 13.2 Å². The zero-order chi connectivity index (χ0) is 19.9. The highest BCUT2D eigenvalue weighted by Gasteiger charge is 2.50. The number of sulfonamides is 1. The van der Waals surface area contributed by atoms with Crippen LogP contribution in [0.2, 0.25) is 0 Å². The molecule has 0 aromatic heterocycles. The monoisotopic (exact) mass is 543 g/mol. The minimum atomic E-state index is -5.24. The fourth-order valence-corrected chi connectivity index (χ4v) is 4.09. The van der Waals surface area contributed by atoms with Crippen molar-refractivity contribution in [2.45, 2.75) is 24.8 Å². The van der Waals surface area contributed by atoms with Gasteiger partial charge in [-0.2, -0.15) is 17.5 Å². The smallest absolute Gasteiger partial charge is 0.379 e. The summed E-state index contributed by atoms with van der Waals surface area (Å²) in [6.45, 7) is 5.13. The van der Waals surface area contributed by atoms with Crippen molar-refractivity contribution in [3.8, 4) is 0 Å². The number of hydrogen-bond donors (Lipinski definition) is 2. The molecule has 0 aliphatic carbocycles. The van der Waals surface area contributed by atoms with Gasteiger partial charge in [-0.05, 0) is 31.7 Å². The standard InChI is InChI=1S/C15H28F3N5O3S.HI/c16-15(17,18)27(24,25)23-6-2-13(3-7-23)12-21-14(19)20-4-1-5-22-8-10-26-11-9-22;/h13H,1-12H2,(H3,19,20,21);1H. The third kappa shape index (κ3) is 7.80. The number of alkyl halides is 3. The Morgan fingerprint density at radius 2 is 1.79 bits per heavy atom. The van der Waals surface area contributed by atoms with E-state index in [9.17, 15) is 21.6 Å². The fourth-order valence-electron chi connectivity index (χ4n) is 3.11. The molecule has 0 amide bonds. The van der Waals surface area contributed by atoms with Crippen LogP contribution in [0, 0.1) is 5.92 Å². The Balaban J connectivity index is 0.00000392. The first-order valence-electron chi connectivity index (χ1n) is 9.10. The minimum absolute atomic E-state index is 0. The fraction of sp³-hybridized carbons (Fsp3) is 0.933. The summed E-state index contributed by atoms with van der Waals surface area (Å²) in [5.74, 6) is 0.334. The van der Waals surface area contributed by atoms with Gasteiger partial charge in [0.25, 0.3) is 0 Å². The lowest BCUT2D eigenvalue weighted by molar-refractivity contribution is -0.0496. The maximum atomic E-state index is 12.5. The quantitative estimate of drug-likeness (QED) is 0.213. The molecule has 2 heterocycles. The van der Waals surface area contributed by atoms with Crippen molar-refractivity contribution < 1.29 is 26.3 Å². The second-order valence-corrected chi connectivity index (χ2v) is 8.68. The summed E-state index contributed by atoms with van der Waals surface area (Å²) >= 11 is 0. The summed E-state index contributed by atoms with van der Waals surface area (Å²) in [5.41, 5.74) is 0.571. The first kappa shape index (κ1) is 25.7. The number of aliphatic imine (C=N–C) groups is 1. The van der Waals surface area contributed by atoms with Crippen molar-refractivity contribution >= 4 is 40.0 Å². The Bertz CT molecular complexity index is 592. The van der Waals surface area contributed by atoms with Crippen LogP contribution in [0.1, 0.15) is 19.3 Å². The van der Waals surface area contributed by atoms with Crippen molar-refractivity contribution in [1.82, 2.24) is 14.5 Å². The molecule has 2 saturated heterocycles. The van der Waals surface area contributed by atoms with Crippen molar-refractivity contribution in [3.63, 3.8) is 0 Å². The Hall–Kier alpha value is -0.380. The Kier molecular flexibility index (Phi) is 10.7. The van der Waals surface area contributed by atoms with Crippen LogP contribution in [0.25, 0.3) is 0 Å². The van der Waals surface area contributed by atoms with Crippen LogP contribution < -0.4 is 11.1 Å². The number of rotatable bonds is 7. The molecule has 2 fully saturated rings. The lowest BCUT2D eigenvalue weighted by atomic mass is 9.98. The summed E-state index contributed by atoms with van der Waals surface area (Å²) in [6, 6.07) is 0. The Morgan fingerprint density at radius 1 is 1.18 bits per heavy atom. The van der Waals surface area contributed by atoms with E-state index < -0.39 is 15.5 Å². The van der Waals surface area contributed by atoms with E-state index in [0.29, 0.717) is 36.2 Å². The molecule has 0 bridgehead atoms. The number of piperidine rings is 1. The second-order valence-electron chi connectivity index (χ2n) is 6.75. The summed E-state index contributed by atoms with van der Waals surface area (Å²) in [7, 11) is -5.23. The average molecular weight is 543 g/mol. The van der Waals surface area contributed by atoms with Crippen molar-refractivity contribution in [2.75, 3.05) is 59.0 Å². The van der Waals surface area contributed by atoms with Gasteiger partial charge in [0.2, 0.25) is 0 Å². The Morgan fingerprint density at radius 3 is 2.36 bits per heavy atom. The van der Waals surface area contributed by atoms with E-state index in [1.54, 1.807) is 0 Å². The van der Waals surface area contributed by atoms with Crippen LogP contribution in [0.5, 0.6) is 0 Å². The van der Waals surface area contributed by atoms with Crippen LogP contribution in [-0.4, -0.2) is 88.1 Å². The minimum Gasteiger partial charge on any atom is -0.379 e. The van der Waals surface area contributed by atoms with Gasteiger partial charge in [0.1, 0.15) is 0 Å². The van der Waals surface area contributed by atoms with E-state index in [4.69, 9.17) is 10.5 Å². The lowest BCUT2D eigenvalue weighted by Gasteiger charge is -2.30. The molecule has 0 unspecified atom stereocenters. The van der Waals surface area contributed by atoms with Gasteiger partial charge in [-0.15, -0.1) is 24.0 Å². The highest BCUT2D eigenvalue weighted by Crippen LogP contribution is 2.30. The van der Waals surface area contributed by atoms with Crippen molar-refractivity contribution in [3.05, 3.63) is 0 Å². The van der Waals surface area contributed by atoms with E-state index in [2.05, 4.69) is 15.2 Å². The van der Waals surface area contributed by atoms with Gasteiger partial charge in [-0.3, -0.25) is 9.89 Å². The third-order valence-corrected chi connectivity index (χ3v) is 6.42. The highest BCUT2D eigenvalue weighted by molar-refractivity contribution is 14.0. The molecule has 3 N–H and O–H groups in total. The van der Waals surface area contributed by atoms with Crippen molar-refractivity contribution in [1.29, 1.82) is 0 Å². The molecule has 0 atom stereocenters. The zero-order valence-corrected chi connectivity index (χ0v) is 18.8. The van der Waals surface area contributed by atoms with E-state index >= 15 is 0 Å². The molecular weight excluding hydrogens is 514 g/mol. The van der Waals surface area contributed by atoms with Gasteiger partial charge >= 0.3 is 15.5 Å². The molecule has 13 heteroatoms. The van der Waals surface area contributed by atoms with Crippen LogP contribution in [0.3, 0.4) is 0 Å². The summed E-state index contributed by atoms with van der Waals surface area (Å²) in [6.07, 6.45) is 1.59. The maximum absolute atomic E-state index is 12.5. The number of guanidine groups is 1. The molecule has 0 radical (unpaired) electrons. The number of ether oxygens (including phenoxy) is 1. The van der Waals surface area contributed by atoms with Gasteiger partial charge in [0, 0.05) is 39.3 Å². The predicted molar refractivity (Wildman–Crippen MR) is 111 cm³/mol. The van der Waals surface area contributed by atoms with Gasteiger partial charge in [-0.25, -0.2) is 8.42 Å². The van der Waals surface area contributed by atoms with Crippen LogP contribution >= 0.6 is 24.0 Å². The molecule has 0 aromatic carbocycles. The molecule has 28 heavy (non-hydrogen) atoms. The van der Waals surface area contributed by atoms with Gasteiger partial charge in [0.05, 0.1) is 13.2 Å². The third-order valence-electron chi connectivity index (χ3n) is 4.79. The molecular formula is C15H29F3IN5O3S. The number of nitrogens with zero attached hydrogens (tertiary/aromatic N) is 3. The number of morpholine rings is 1. The first-order valence-corrected chi connectivity index (χ1v) is 10.5. The van der Waals surface area contributed by atoms with E-state index in [0.717, 1.165) is 39.3 Å². The van der Waals surface area contributed by atoms with Gasteiger partial charge in [-0.1, -0.05) is 0 Å². The largest absolute Gasteiger partial charge is 0.511 e. The molecule has 8 nitrogen and oxygen atoms in total. The number of hydrogen-bond acceptors (Lipinski definition) is 5. The van der Waals surface area contributed by atoms with Gasteiger partial charge in [0.15, 0.2) is 5.96 Å². The van der Waals surface area contributed by atoms with Gasteiger partial charge < -0.3 is 15.8 Å². The first-order chi connectivity index (χ1) is 12.7. The van der Waals surface area contributed by atoms with E-state index in [-0.39, 0.29) is 43.0 Å². The molecule has 166 valence electrons. The molecule has 2 aliphatic rings. The summed E-state index contributed by atoms with van der Waals surface area (Å²) in [4.78, 5) is 6.55. The number of halogens is 4. The second kappa shape index (κ2) is 11.7.